The molecule has 9 heteroatoms. The van der Waals surface area contributed by atoms with Crippen molar-refractivity contribution in [2.45, 2.75) is 18.8 Å². The van der Waals surface area contributed by atoms with E-state index in [4.69, 9.17) is 9.97 Å². The van der Waals surface area contributed by atoms with Crippen molar-refractivity contribution in [3.63, 3.8) is 0 Å². The van der Waals surface area contributed by atoms with Crippen LogP contribution in [0.15, 0.2) is 24.5 Å². The number of nitrogens with one attached hydrogen (secondary N) is 3. The minimum Gasteiger partial charge on any atom is -0.352 e. The highest BCUT2D eigenvalue weighted by molar-refractivity contribution is 5.95. The Morgan fingerprint density at radius 1 is 1.03 bits per heavy atom. The second-order valence-corrected chi connectivity index (χ2v) is 8.66. The molecule has 0 saturated carbocycles. The smallest absolute Gasteiger partial charge is 0.159 e. The molecule has 4 aromatic rings. The zero-order valence-electron chi connectivity index (χ0n) is 17.7. The predicted molar refractivity (Wildman–Crippen MR) is 121 cm³/mol. The molecule has 6 heterocycles. The molecule has 0 aliphatic carbocycles. The van der Waals surface area contributed by atoms with E-state index in [1.54, 1.807) is 0 Å². The monoisotopic (exact) mass is 417 g/mol. The molecule has 2 saturated heterocycles. The number of piperazine rings is 1. The quantitative estimate of drug-likeness (QED) is 0.469. The summed E-state index contributed by atoms with van der Waals surface area (Å²) >= 11 is 0. The van der Waals surface area contributed by atoms with Gasteiger partial charge in [-0.15, -0.1) is 0 Å². The van der Waals surface area contributed by atoms with Gasteiger partial charge in [-0.3, -0.25) is 10.1 Å². The van der Waals surface area contributed by atoms with Crippen LogP contribution in [-0.2, 0) is 0 Å². The Balaban J connectivity index is 1.40. The molecule has 0 atom stereocenters. The van der Waals surface area contributed by atoms with E-state index in [9.17, 15) is 0 Å². The van der Waals surface area contributed by atoms with E-state index < -0.39 is 0 Å². The zero-order valence-corrected chi connectivity index (χ0v) is 17.7. The van der Waals surface area contributed by atoms with Gasteiger partial charge in [0.25, 0.3) is 0 Å². The molecule has 0 spiro atoms. The largest absolute Gasteiger partial charge is 0.352 e. The Morgan fingerprint density at radius 3 is 2.71 bits per heavy atom. The van der Waals surface area contributed by atoms with Gasteiger partial charge in [-0.25, -0.2) is 9.97 Å². The summed E-state index contributed by atoms with van der Waals surface area (Å²) in [5.74, 6) is 2.22. The summed E-state index contributed by atoms with van der Waals surface area (Å²) in [5.41, 5.74) is 4.82. The van der Waals surface area contributed by atoms with Crippen LogP contribution < -0.4 is 10.2 Å². The van der Waals surface area contributed by atoms with E-state index in [0.29, 0.717) is 5.92 Å². The molecule has 0 radical (unpaired) electrons. The molecule has 0 unspecified atom stereocenters. The lowest BCUT2D eigenvalue weighted by molar-refractivity contribution is 0.312. The van der Waals surface area contributed by atoms with Crippen LogP contribution in [-0.4, -0.2) is 81.3 Å². The topological polar surface area (TPSA) is 102 Å². The minimum absolute atomic E-state index is 0.497. The van der Waals surface area contributed by atoms with Crippen LogP contribution in [0.25, 0.3) is 33.5 Å². The summed E-state index contributed by atoms with van der Waals surface area (Å²) in [7, 11) is 2.16. The van der Waals surface area contributed by atoms with Crippen molar-refractivity contribution in [1.29, 1.82) is 0 Å². The predicted octanol–water partition coefficient (Wildman–Crippen LogP) is 2.11. The van der Waals surface area contributed by atoms with Crippen molar-refractivity contribution in [1.82, 2.24) is 40.3 Å². The first kappa shape index (κ1) is 18.7. The number of aromatic nitrogens is 6. The van der Waals surface area contributed by atoms with Gasteiger partial charge in [0, 0.05) is 49.4 Å². The number of pyridine rings is 2. The van der Waals surface area contributed by atoms with Crippen molar-refractivity contribution in [2.75, 3.05) is 51.2 Å². The molecule has 6 rings (SSSR count). The van der Waals surface area contributed by atoms with Gasteiger partial charge in [-0.1, -0.05) is 0 Å². The van der Waals surface area contributed by atoms with Gasteiger partial charge in [0.15, 0.2) is 11.6 Å². The van der Waals surface area contributed by atoms with Crippen molar-refractivity contribution in [2.24, 2.45) is 0 Å². The Labute approximate surface area is 180 Å². The number of H-pyrrole nitrogens is 2. The molecule has 0 amide bonds. The average Bonchev–Trinajstić information content (AvgIpc) is 3.43. The molecule has 4 aromatic heterocycles. The van der Waals surface area contributed by atoms with E-state index in [1.807, 2.05) is 18.5 Å². The van der Waals surface area contributed by atoms with Gasteiger partial charge >= 0.3 is 0 Å². The fourth-order valence-electron chi connectivity index (χ4n) is 4.74. The third kappa shape index (κ3) is 3.34. The van der Waals surface area contributed by atoms with Crippen LogP contribution in [0, 0.1) is 0 Å². The number of anilines is 1. The fourth-order valence-corrected chi connectivity index (χ4v) is 4.74. The Bertz CT molecular complexity index is 1210. The lowest BCUT2D eigenvalue weighted by atomic mass is 9.93. The number of likely N-dealkylation sites (N-methyl/N-ethyl adjacent to an activating group) is 1. The van der Waals surface area contributed by atoms with Crippen LogP contribution in [0.5, 0.6) is 0 Å². The molecule has 3 N–H and O–H groups in total. The summed E-state index contributed by atoms with van der Waals surface area (Å²) in [6, 6.07) is 4.18. The molecule has 160 valence electrons. The Morgan fingerprint density at radius 2 is 1.87 bits per heavy atom. The summed E-state index contributed by atoms with van der Waals surface area (Å²) in [4.78, 5) is 22.5. The first-order valence-corrected chi connectivity index (χ1v) is 11.1. The van der Waals surface area contributed by atoms with Crippen molar-refractivity contribution < 1.29 is 0 Å². The van der Waals surface area contributed by atoms with Crippen molar-refractivity contribution in [3.8, 4) is 11.5 Å². The van der Waals surface area contributed by atoms with Crippen LogP contribution in [0.4, 0.5) is 5.82 Å². The molecule has 2 aliphatic rings. The van der Waals surface area contributed by atoms with Crippen molar-refractivity contribution in [3.05, 3.63) is 30.2 Å². The number of imidazole rings is 1. The number of fused-ring (bicyclic) bond motifs is 2. The van der Waals surface area contributed by atoms with Gasteiger partial charge in [0.2, 0.25) is 0 Å². The highest BCUT2D eigenvalue weighted by atomic mass is 15.3. The van der Waals surface area contributed by atoms with E-state index in [2.05, 4.69) is 48.4 Å². The van der Waals surface area contributed by atoms with Crippen molar-refractivity contribution >= 4 is 27.8 Å². The summed E-state index contributed by atoms with van der Waals surface area (Å²) in [6.07, 6.45) is 6.01. The summed E-state index contributed by atoms with van der Waals surface area (Å²) < 4.78 is 0. The summed E-state index contributed by atoms with van der Waals surface area (Å²) in [6.45, 7) is 6.09. The fraction of sp³-hybridized carbons (Fsp3) is 0.455. The molecule has 31 heavy (non-hydrogen) atoms. The number of rotatable bonds is 3. The van der Waals surface area contributed by atoms with Crippen LogP contribution >= 0.6 is 0 Å². The van der Waals surface area contributed by atoms with Gasteiger partial charge in [-0.2, -0.15) is 5.10 Å². The lowest BCUT2D eigenvalue weighted by Gasteiger charge is -2.33. The Hall–Kier alpha value is -3.04. The standard InChI is InChI=1S/C22H27N9/c1-30-8-10-31(11-9-30)22-20-16(4-7-24-22)26-21(27-20)19-15-12-17(14-2-5-23-6-3-14)25-13-18(15)28-29-19/h4,7,12-14,23H,2-3,5-6,8-11H2,1H3,(H,26,27)(H,28,29). The van der Waals surface area contributed by atoms with Gasteiger partial charge < -0.3 is 20.1 Å². The molecule has 0 bridgehead atoms. The molecule has 0 aromatic carbocycles. The highest BCUT2D eigenvalue weighted by Gasteiger charge is 2.22. The second-order valence-electron chi connectivity index (χ2n) is 8.66. The molecule has 2 fully saturated rings. The summed E-state index contributed by atoms with van der Waals surface area (Å²) in [5, 5.41) is 12.2. The lowest BCUT2D eigenvalue weighted by Crippen LogP contribution is -2.44. The maximum atomic E-state index is 4.96. The van der Waals surface area contributed by atoms with E-state index in [-0.39, 0.29) is 0 Å². The average molecular weight is 418 g/mol. The maximum Gasteiger partial charge on any atom is 0.159 e. The number of nitrogens with zero attached hydrogens (tertiary/aromatic N) is 6. The molecule has 9 nitrogen and oxygen atoms in total. The van der Waals surface area contributed by atoms with Crippen LogP contribution in [0.2, 0.25) is 0 Å². The number of piperidine rings is 1. The number of hydrogen-bond donors (Lipinski definition) is 3. The third-order valence-electron chi connectivity index (χ3n) is 6.63. The van der Waals surface area contributed by atoms with Gasteiger partial charge in [0.1, 0.15) is 11.2 Å². The van der Waals surface area contributed by atoms with E-state index in [0.717, 1.165) is 97.1 Å². The molecular weight excluding hydrogens is 390 g/mol. The first-order valence-electron chi connectivity index (χ1n) is 11.1. The van der Waals surface area contributed by atoms with Crippen LogP contribution in [0.1, 0.15) is 24.5 Å². The minimum atomic E-state index is 0.497. The Kier molecular flexibility index (Phi) is 4.57. The molecule has 2 aliphatic heterocycles. The number of aromatic amines is 2. The van der Waals surface area contributed by atoms with Gasteiger partial charge in [0.05, 0.1) is 17.2 Å². The highest BCUT2D eigenvalue weighted by Crippen LogP contribution is 2.32. The van der Waals surface area contributed by atoms with E-state index >= 15 is 0 Å². The normalized spacial score (nSPS) is 18.9. The first-order chi connectivity index (χ1) is 15.3. The SMILES string of the molecule is CN1CCN(c2nccc3[nH]c(-c4n[nH]c5cnc(C6CCNCC6)cc45)nc23)CC1. The molecular formula is C22H27N9. The third-order valence-corrected chi connectivity index (χ3v) is 6.63. The maximum absolute atomic E-state index is 4.96. The van der Waals surface area contributed by atoms with Gasteiger partial charge in [-0.05, 0) is 45.1 Å². The van der Waals surface area contributed by atoms with E-state index in [1.165, 1.54) is 0 Å². The van der Waals surface area contributed by atoms with Crippen LogP contribution in [0.3, 0.4) is 0 Å². The number of hydrogen-bond acceptors (Lipinski definition) is 7. The second kappa shape index (κ2) is 7.58. The zero-order chi connectivity index (χ0) is 20.8.